The van der Waals surface area contributed by atoms with E-state index < -0.39 is 0 Å². The second-order valence-corrected chi connectivity index (χ2v) is 7.27. The van der Waals surface area contributed by atoms with Gasteiger partial charge in [-0.1, -0.05) is 6.42 Å². The third kappa shape index (κ3) is 2.86. The summed E-state index contributed by atoms with van der Waals surface area (Å²) >= 11 is 0. The molecule has 0 bridgehead atoms. The van der Waals surface area contributed by atoms with E-state index in [9.17, 15) is 4.79 Å². The zero-order valence-electron chi connectivity index (χ0n) is 13.0. The van der Waals surface area contributed by atoms with E-state index in [2.05, 4.69) is 29.2 Å². The molecule has 3 unspecified atom stereocenters. The Bertz CT molecular complexity index is 350. The number of likely N-dealkylation sites (tertiary alicyclic amines) is 1. The molecule has 1 aliphatic carbocycles. The van der Waals surface area contributed by atoms with Gasteiger partial charge in [-0.15, -0.1) is 0 Å². The van der Waals surface area contributed by atoms with E-state index in [0.29, 0.717) is 11.8 Å². The van der Waals surface area contributed by atoms with Crippen LogP contribution in [-0.4, -0.2) is 62.0 Å². The fourth-order valence-corrected chi connectivity index (χ4v) is 4.51. The predicted molar refractivity (Wildman–Crippen MR) is 80.5 cm³/mol. The highest BCUT2D eigenvalue weighted by Crippen LogP contribution is 2.38. The zero-order valence-corrected chi connectivity index (χ0v) is 13.0. The highest BCUT2D eigenvalue weighted by molar-refractivity contribution is 5.82. The molecule has 3 aliphatic rings. The van der Waals surface area contributed by atoms with Gasteiger partial charge in [0.15, 0.2) is 0 Å². The van der Waals surface area contributed by atoms with Crippen molar-refractivity contribution in [1.82, 2.24) is 15.1 Å². The molecule has 0 aromatic heterocycles. The van der Waals surface area contributed by atoms with Crippen LogP contribution in [0.3, 0.4) is 0 Å². The summed E-state index contributed by atoms with van der Waals surface area (Å²) in [5, 5.41) is 3.50. The van der Waals surface area contributed by atoms with Crippen LogP contribution in [0, 0.1) is 17.8 Å². The Labute approximate surface area is 122 Å². The van der Waals surface area contributed by atoms with Crippen molar-refractivity contribution in [2.75, 3.05) is 40.3 Å². The molecule has 3 rings (SSSR count). The average Bonchev–Trinajstić information content (AvgIpc) is 3.00. The number of carbonyl (C=O) groups is 1. The number of nitrogens with one attached hydrogen (secondary N) is 1. The van der Waals surface area contributed by atoms with Crippen LogP contribution in [0.15, 0.2) is 0 Å². The van der Waals surface area contributed by atoms with Crippen LogP contribution in [0.5, 0.6) is 0 Å². The molecule has 0 aromatic rings. The molecule has 2 saturated heterocycles. The third-order valence-electron chi connectivity index (χ3n) is 5.56. The first kappa shape index (κ1) is 14.3. The van der Waals surface area contributed by atoms with Crippen molar-refractivity contribution < 1.29 is 4.79 Å². The van der Waals surface area contributed by atoms with Crippen LogP contribution < -0.4 is 5.32 Å². The molecule has 0 radical (unpaired) electrons. The third-order valence-corrected chi connectivity index (χ3v) is 5.56. The van der Waals surface area contributed by atoms with E-state index in [0.717, 1.165) is 38.0 Å². The minimum absolute atomic E-state index is 0.132. The molecule has 114 valence electrons. The Morgan fingerprint density at radius 1 is 1.20 bits per heavy atom. The molecule has 1 saturated carbocycles. The molecule has 0 spiro atoms. The van der Waals surface area contributed by atoms with Crippen molar-refractivity contribution in [3.05, 3.63) is 0 Å². The Morgan fingerprint density at radius 2 is 1.95 bits per heavy atom. The number of nitrogens with zero attached hydrogens (tertiary/aromatic N) is 2. The molecule has 1 N–H and O–H groups in total. The SMILES string of the molecule is CN(C)CC1CCN(C(=O)C2NCC3CCCC32)CC1. The normalized spacial score (nSPS) is 34.8. The van der Waals surface area contributed by atoms with Gasteiger partial charge in [-0.3, -0.25) is 4.79 Å². The fraction of sp³-hybridized carbons (Fsp3) is 0.938. The largest absolute Gasteiger partial charge is 0.341 e. The van der Waals surface area contributed by atoms with Gasteiger partial charge in [-0.2, -0.15) is 0 Å². The fourth-order valence-electron chi connectivity index (χ4n) is 4.51. The Hall–Kier alpha value is -0.610. The molecule has 0 aromatic carbocycles. The van der Waals surface area contributed by atoms with E-state index in [-0.39, 0.29) is 6.04 Å². The quantitative estimate of drug-likeness (QED) is 0.842. The summed E-state index contributed by atoms with van der Waals surface area (Å²) in [5.41, 5.74) is 0. The van der Waals surface area contributed by atoms with E-state index >= 15 is 0 Å². The number of hydrogen-bond acceptors (Lipinski definition) is 3. The molecular formula is C16H29N3O. The van der Waals surface area contributed by atoms with Gasteiger partial charge in [0.05, 0.1) is 6.04 Å². The second kappa shape index (κ2) is 6.02. The Morgan fingerprint density at radius 3 is 2.65 bits per heavy atom. The number of hydrogen-bond donors (Lipinski definition) is 1. The number of carbonyl (C=O) groups excluding carboxylic acids is 1. The molecule has 2 heterocycles. The van der Waals surface area contributed by atoms with Crippen molar-refractivity contribution in [3.63, 3.8) is 0 Å². The van der Waals surface area contributed by atoms with E-state index in [4.69, 9.17) is 0 Å². The van der Waals surface area contributed by atoms with Crippen molar-refractivity contribution in [3.8, 4) is 0 Å². The molecule has 4 nitrogen and oxygen atoms in total. The number of amides is 1. The second-order valence-electron chi connectivity index (χ2n) is 7.27. The average molecular weight is 279 g/mol. The lowest BCUT2D eigenvalue weighted by atomic mass is 9.91. The van der Waals surface area contributed by atoms with Gasteiger partial charge in [-0.25, -0.2) is 0 Å². The standard InChI is InChI=1S/C16H29N3O/c1-18(2)11-12-6-8-19(9-7-12)16(20)15-14-5-3-4-13(14)10-17-15/h12-15,17H,3-11H2,1-2H3. The van der Waals surface area contributed by atoms with Gasteiger partial charge >= 0.3 is 0 Å². The van der Waals surface area contributed by atoms with E-state index in [1.54, 1.807) is 0 Å². The summed E-state index contributed by atoms with van der Waals surface area (Å²) in [6, 6.07) is 0.132. The summed E-state index contributed by atoms with van der Waals surface area (Å²) in [7, 11) is 4.28. The smallest absolute Gasteiger partial charge is 0.240 e. The van der Waals surface area contributed by atoms with Gasteiger partial charge < -0.3 is 15.1 Å². The molecular weight excluding hydrogens is 250 g/mol. The van der Waals surface area contributed by atoms with Gasteiger partial charge in [0.2, 0.25) is 5.91 Å². The predicted octanol–water partition coefficient (Wildman–Crippen LogP) is 1.17. The summed E-state index contributed by atoms with van der Waals surface area (Å²) < 4.78 is 0. The molecule has 4 heteroatoms. The first-order valence-electron chi connectivity index (χ1n) is 8.32. The molecule has 20 heavy (non-hydrogen) atoms. The van der Waals surface area contributed by atoms with Crippen LogP contribution in [0.4, 0.5) is 0 Å². The van der Waals surface area contributed by atoms with Gasteiger partial charge in [0.25, 0.3) is 0 Å². The Kier molecular flexibility index (Phi) is 4.32. The van der Waals surface area contributed by atoms with E-state index in [1.165, 1.54) is 32.1 Å². The van der Waals surface area contributed by atoms with Gasteiger partial charge in [-0.05, 0) is 64.1 Å². The maximum Gasteiger partial charge on any atom is 0.240 e. The number of rotatable bonds is 3. The molecule has 1 amide bonds. The van der Waals surface area contributed by atoms with Gasteiger partial charge in [0.1, 0.15) is 0 Å². The van der Waals surface area contributed by atoms with Crippen LogP contribution in [0.1, 0.15) is 32.1 Å². The maximum absolute atomic E-state index is 12.7. The Balaban J connectivity index is 1.52. The summed E-state index contributed by atoms with van der Waals surface area (Å²) in [6.45, 7) is 4.16. The maximum atomic E-state index is 12.7. The summed E-state index contributed by atoms with van der Waals surface area (Å²) in [6.07, 6.45) is 6.25. The number of fused-ring (bicyclic) bond motifs is 1. The molecule has 3 atom stereocenters. The minimum atomic E-state index is 0.132. The summed E-state index contributed by atoms with van der Waals surface area (Å²) in [4.78, 5) is 17.1. The monoisotopic (exact) mass is 279 g/mol. The zero-order chi connectivity index (χ0) is 14.1. The van der Waals surface area contributed by atoms with Crippen LogP contribution >= 0.6 is 0 Å². The van der Waals surface area contributed by atoms with Crippen LogP contribution in [-0.2, 0) is 4.79 Å². The highest BCUT2D eigenvalue weighted by atomic mass is 16.2. The lowest BCUT2D eigenvalue weighted by molar-refractivity contribution is -0.135. The highest BCUT2D eigenvalue weighted by Gasteiger charge is 2.44. The van der Waals surface area contributed by atoms with Crippen LogP contribution in [0.25, 0.3) is 0 Å². The van der Waals surface area contributed by atoms with Crippen molar-refractivity contribution in [1.29, 1.82) is 0 Å². The van der Waals surface area contributed by atoms with Crippen molar-refractivity contribution in [2.45, 2.75) is 38.1 Å². The summed E-state index contributed by atoms with van der Waals surface area (Å²) in [5.74, 6) is 2.56. The molecule has 3 fully saturated rings. The lowest BCUT2D eigenvalue weighted by Crippen LogP contribution is -2.49. The lowest BCUT2D eigenvalue weighted by Gasteiger charge is -2.35. The number of piperidine rings is 1. The van der Waals surface area contributed by atoms with Crippen LogP contribution in [0.2, 0.25) is 0 Å². The minimum Gasteiger partial charge on any atom is -0.341 e. The van der Waals surface area contributed by atoms with E-state index in [1.807, 2.05) is 0 Å². The first-order valence-corrected chi connectivity index (χ1v) is 8.32. The van der Waals surface area contributed by atoms with Gasteiger partial charge in [0, 0.05) is 19.6 Å². The molecule has 2 aliphatic heterocycles. The van der Waals surface area contributed by atoms with Crippen molar-refractivity contribution >= 4 is 5.91 Å². The first-order chi connectivity index (χ1) is 9.65. The van der Waals surface area contributed by atoms with Crippen molar-refractivity contribution in [2.24, 2.45) is 17.8 Å². The topological polar surface area (TPSA) is 35.6 Å².